The fraction of sp³-hybridized carbons (Fsp3) is 0.520. The van der Waals surface area contributed by atoms with Gasteiger partial charge in [0.05, 0.1) is 0 Å². The standard InChI is InChI=1S/C21H23FN2O4S.2C2H6/c22-28-19(25)17-15-6-7-21(12-16(15)29-18(17)23)8-10-24(11-9-21)20(26)27-13-14-4-2-1-3-5-14;2*1-2/h1-5H,6-13,23H2;2*1-2H3. The van der Waals surface area contributed by atoms with Gasteiger partial charge in [-0.1, -0.05) is 58.0 Å². The topological polar surface area (TPSA) is 81.9 Å². The normalized spacial score (nSPS) is 15.8. The first-order valence-corrected chi connectivity index (χ1v) is 12.5. The van der Waals surface area contributed by atoms with Gasteiger partial charge in [-0.15, -0.1) is 11.3 Å². The van der Waals surface area contributed by atoms with E-state index < -0.39 is 5.97 Å². The Morgan fingerprint density at radius 1 is 1.09 bits per heavy atom. The van der Waals surface area contributed by atoms with Crippen LogP contribution in [-0.2, 0) is 29.1 Å². The lowest BCUT2D eigenvalue weighted by Gasteiger charge is -2.43. The van der Waals surface area contributed by atoms with Crippen LogP contribution in [-0.4, -0.2) is 30.1 Å². The van der Waals surface area contributed by atoms with Crippen LogP contribution in [0.4, 0.5) is 14.3 Å². The molecule has 1 aliphatic carbocycles. The first-order valence-electron chi connectivity index (χ1n) is 11.7. The Bertz CT molecular complexity index is 909. The lowest BCUT2D eigenvalue weighted by atomic mass is 9.68. The number of piperidine rings is 1. The van der Waals surface area contributed by atoms with Gasteiger partial charge in [-0.05, 0) is 48.6 Å². The van der Waals surface area contributed by atoms with E-state index in [9.17, 15) is 14.1 Å². The number of anilines is 1. The summed E-state index contributed by atoms with van der Waals surface area (Å²) in [4.78, 5) is 30.3. The van der Waals surface area contributed by atoms with Gasteiger partial charge < -0.3 is 15.4 Å². The van der Waals surface area contributed by atoms with E-state index in [0.717, 1.165) is 41.7 Å². The molecule has 0 atom stereocenters. The number of hydrogen-bond donors (Lipinski definition) is 1. The smallest absolute Gasteiger partial charge is 0.410 e. The Labute approximate surface area is 199 Å². The van der Waals surface area contributed by atoms with E-state index in [4.69, 9.17) is 10.5 Å². The van der Waals surface area contributed by atoms with Crippen molar-refractivity contribution in [1.82, 2.24) is 4.90 Å². The number of likely N-dealkylation sites (tertiary alicyclic amines) is 1. The fourth-order valence-corrected chi connectivity index (χ4v) is 5.70. The van der Waals surface area contributed by atoms with Crippen molar-refractivity contribution in [3.05, 3.63) is 51.9 Å². The summed E-state index contributed by atoms with van der Waals surface area (Å²) in [5.74, 6) is -1.01. The van der Waals surface area contributed by atoms with Crippen LogP contribution in [0, 0.1) is 5.41 Å². The number of nitrogen functional groups attached to an aromatic ring is 1. The number of nitrogens with zero attached hydrogens (tertiary/aromatic N) is 1. The molecular formula is C25H35FN2O4S. The number of halogens is 1. The summed E-state index contributed by atoms with van der Waals surface area (Å²) in [6, 6.07) is 9.62. The number of fused-ring (bicyclic) bond motifs is 1. The van der Waals surface area contributed by atoms with Gasteiger partial charge in [0.1, 0.15) is 17.2 Å². The maximum absolute atomic E-state index is 12.4. The molecule has 2 heterocycles. The highest BCUT2D eigenvalue weighted by Crippen LogP contribution is 2.48. The van der Waals surface area contributed by atoms with Gasteiger partial charge in [-0.25, -0.2) is 14.5 Å². The summed E-state index contributed by atoms with van der Waals surface area (Å²) in [6.07, 6.45) is 3.81. The van der Waals surface area contributed by atoms with Crippen molar-refractivity contribution in [3.8, 4) is 0 Å². The predicted octanol–water partition coefficient (Wildman–Crippen LogP) is 6.33. The largest absolute Gasteiger partial charge is 0.445 e. The Morgan fingerprint density at radius 3 is 2.33 bits per heavy atom. The van der Waals surface area contributed by atoms with E-state index in [2.05, 4.69) is 4.94 Å². The predicted molar refractivity (Wildman–Crippen MR) is 130 cm³/mol. The second-order valence-corrected chi connectivity index (χ2v) is 8.95. The summed E-state index contributed by atoms with van der Waals surface area (Å²) in [5, 5.41) is 0.316. The fourth-order valence-electron chi connectivity index (χ4n) is 4.42. The lowest BCUT2D eigenvalue weighted by Crippen LogP contribution is -2.45. The summed E-state index contributed by atoms with van der Waals surface area (Å²) < 4.78 is 17.8. The molecule has 4 rings (SSSR count). The number of amides is 1. The summed E-state index contributed by atoms with van der Waals surface area (Å²) in [6.45, 7) is 9.55. The van der Waals surface area contributed by atoms with Crippen LogP contribution in [0.5, 0.6) is 0 Å². The second-order valence-electron chi connectivity index (χ2n) is 7.81. The molecule has 0 bridgehead atoms. The number of carbonyl (C=O) groups excluding carboxylic acids is 2. The lowest BCUT2D eigenvalue weighted by molar-refractivity contribution is -0.0788. The van der Waals surface area contributed by atoms with Gasteiger partial charge in [0.25, 0.3) is 0 Å². The molecule has 1 aliphatic heterocycles. The molecule has 0 radical (unpaired) electrons. The summed E-state index contributed by atoms with van der Waals surface area (Å²) >= 11 is 1.35. The van der Waals surface area contributed by atoms with E-state index in [1.54, 1.807) is 4.90 Å². The molecule has 2 aliphatic rings. The highest BCUT2D eigenvalue weighted by atomic mass is 32.1. The number of ether oxygens (including phenoxy) is 1. The van der Waals surface area contributed by atoms with Crippen molar-refractivity contribution in [2.24, 2.45) is 5.41 Å². The zero-order chi connectivity index (χ0) is 24.4. The molecule has 2 aromatic rings. The van der Waals surface area contributed by atoms with Gasteiger partial charge in [0.2, 0.25) is 0 Å². The molecule has 33 heavy (non-hydrogen) atoms. The number of hydrogen-bond acceptors (Lipinski definition) is 6. The Hall–Kier alpha value is -2.61. The number of thiophene rings is 1. The average molecular weight is 479 g/mol. The van der Waals surface area contributed by atoms with E-state index in [1.165, 1.54) is 11.3 Å². The molecule has 6 nitrogen and oxygen atoms in total. The molecule has 0 unspecified atom stereocenters. The van der Waals surface area contributed by atoms with Crippen LogP contribution in [0.25, 0.3) is 0 Å². The molecular weight excluding hydrogens is 443 g/mol. The van der Waals surface area contributed by atoms with E-state index in [-0.39, 0.29) is 23.7 Å². The van der Waals surface area contributed by atoms with Crippen LogP contribution < -0.4 is 5.73 Å². The first-order chi connectivity index (χ1) is 16.0. The molecule has 1 spiro atoms. The van der Waals surface area contributed by atoms with Crippen molar-refractivity contribution in [1.29, 1.82) is 0 Å². The molecule has 182 valence electrons. The highest BCUT2D eigenvalue weighted by molar-refractivity contribution is 7.16. The third kappa shape index (κ3) is 6.25. The molecule has 1 amide bonds. The average Bonchev–Trinajstić information content (AvgIpc) is 3.20. The van der Waals surface area contributed by atoms with E-state index in [0.29, 0.717) is 24.5 Å². The van der Waals surface area contributed by atoms with Crippen LogP contribution in [0.1, 0.15) is 73.3 Å². The van der Waals surface area contributed by atoms with Crippen molar-refractivity contribution in [2.45, 2.75) is 66.4 Å². The third-order valence-electron chi connectivity index (χ3n) is 6.12. The van der Waals surface area contributed by atoms with Crippen LogP contribution in [0.3, 0.4) is 0 Å². The molecule has 1 saturated heterocycles. The van der Waals surface area contributed by atoms with Crippen molar-refractivity contribution >= 4 is 28.4 Å². The minimum Gasteiger partial charge on any atom is -0.445 e. The molecule has 1 fully saturated rings. The van der Waals surface area contributed by atoms with Crippen LogP contribution in [0.15, 0.2) is 30.3 Å². The molecule has 1 aromatic carbocycles. The second kappa shape index (κ2) is 12.6. The summed E-state index contributed by atoms with van der Waals surface area (Å²) in [7, 11) is 0. The van der Waals surface area contributed by atoms with Gasteiger partial charge in [0.15, 0.2) is 0 Å². The number of nitrogens with two attached hydrogens (primary N) is 1. The Balaban J connectivity index is 0.000000914. The molecule has 2 N–H and O–H groups in total. The van der Waals surface area contributed by atoms with Crippen molar-refractivity contribution in [2.75, 3.05) is 18.8 Å². The molecule has 1 aromatic heterocycles. The van der Waals surface area contributed by atoms with Crippen LogP contribution >= 0.6 is 11.3 Å². The van der Waals surface area contributed by atoms with E-state index >= 15 is 0 Å². The number of carbonyl (C=O) groups is 2. The minimum absolute atomic E-state index is 0.0807. The van der Waals surface area contributed by atoms with Gasteiger partial charge in [0, 0.05) is 22.5 Å². The van der Waals surface area contributed by atoms with Gasteiger partial charge >= 0.3 is 12.1 Å². The number of benzene rings is 1. The van der Waals surface area contributed by atoms with Crippen LogP contribution in [0.2, 0.25) is 0 Å². The monoisotopic (exact) mass is 478 g/mol. The van der Waals surface area contributed by atoms with E-state index in [1.807, 2.05) is 58.0 Å². The van der Waals surface area contributed by atoms with Gasteiger partial charge in [-0.2, -0.15) is 0 Å². The summed E-state index contributed by atoms with van der Waals surface area (Å²) in [5.41, 5.74) is 7.99. The zero-order valence-electron chi connectivity index (χ0n) is 20.0. The zero-order valence-corrected chi connectivity index (χ0v) is 20.8. The van der Waals surface area contributed by atoms with Crippen molar-refractivity contribution in [3.63, 3.8) is 0 Å². The maximum Gasteiger partial charge on any atom is 0.410 e. The highest BCUT2D eigenvalue weighted by Gasteiger charge is 2.41. The minimum atomic E-state index is -1.01. The Morgan fingerprint density at radius 2 is 1.73 bits per heavy atom. The third-order valence-corrected chi connectivity index (χ3v) is 7.18. The maximum atomic E-state index is 12.4. The first kappa shape index (κ1) is 26.6. The van der Waals surface area contributed by atoms with Gasteiger partial charge in [-0.3, -0.25) is 0 Å². The molecule has 0 saturated carbocycles. The molecule has 8 heteroatoms. The Kier molecular flexibility index (Phi) is 10.2. The number of rotatable bonds is 3. The quantitative estimate of drug-likeness (QED) is 0.557. The van der Waals surface area contributed by atoms with Crippen molar-refractivity contribution < 1.29 is 23.8 Å². The SMILES string of the molecule is CC.CC.Nc1sc2c(c1C(=O)OF)CCC1(CCN(C(=O)OCc3ccccc3)CC1)C2.